The molecule has 4 aliphatic carbocycles. The van der Waals surface area contributed by atoms with Gasteiger partial charge in [0.1, 0.15) is 5.82 Å². The molecule has 12 rings (SSSR count). The molecule has 0 bridgehead atoms. The van der Waals surface area contributed by atoms with Crippen molar-refractivity contribution < 1.29 is 0 Å². The van der Waals surface area contributed by atoms with Gasteiger partial charge in [-0.3, -0.25) is 9.69 Å². The number of hydrogen-bond donors (Lipinski definition) is 1. The topological polar surface area (TPSA) is 49.0 Å². The van der Waals surface area contributed by atoms with Crippen molar-refractivity contribution in [3.05, 3.63) is 240 Å². The van der Waals surface area contributed by atoms with Crippen LogP contribution in [0.5, 0.6) is 0 Å². The molecule has 4 heteroatoms. The minimum atomic E-state index is -0.627. The van der Waals surface area contributed by atoms with Gasteiger partial charge in [-0.25, -0.2) is 4.98 Å². The lowest BCUT2D eigenvalue weighted by Crippen LogP contribution is -2.39. The molecule has 61 heavy (non-hydrogen) atoms. The first-order valence-corrected chi connectivity index (χ1v) is 22.0. The number of nitrogens with zero attached hydrogens (tertiary/aromatic N) is 2. The molecule has 296 valence electrons. The molecule has 1 unspecified atom stereocenters. The minimum Gasteiger partial charge on any atom is -0.311 e. The van der Waals surface area contributed by atoms with E-state index in [1.54, 1.807) is 0 Å². The highest BCUT2D eigenvalue weighted by Crippen LogP contribution is 2.56. The summed E-state index contributed by atoms with van der Waals surface area (Å²) in [6, 6.07) is 58.3. The third kappa shape index (κ3) is 5.55. The van der Waals surface area contributed by atoms with Crippen LogP contribution in [0.1, 0.15) is 84.7 Å². The summed E-state index contributed by atoms with van der Waals surface area (Å²) in [7, 11) is 2.21. The lowest BCUT2D eigenvalue weighted by atomic mass is 9.61. The zero-order valence-electron chi connectivity index (χ0n) is 34.8. The van der Waals surface area contributed by atoms with E-state index in [2.05, 4.69) is 174 Å². The number of rotatable bonds is 7. The van der Waals surface area contributed by atoms with Crippen LogP contribution >= 0.6 is 0 Å². The van der Waals surface area contributed by atoms with Crippen LogP contribution < -0.4 is 5.56 Å². The van der Waals surface area contributed by atoms with Gasteiger partial charge >= 0.3 is 0 Å². The Morgan fingerprint density at radius 2 is 1.03 bits per heavy atom. The maximum absolute atomic E-state index is 13.0. The molecule has 0 saturated heterocycles. The van der Waals surface area contributed by atoms with Crippen molar-refractivity contribution in [1.29, 1.82) is 0 Å². The van der Waals surface area contributed by atoms with Crippen LogP contribution in [0.2, 0.25) is 0 Å². The molecular weight excluding hydrogens is 743 g/mol. The average molecular weight is 790 g/mol. The first-order chi connectivity index (χ1) is 30.0. The minimum absolute atomic E-state index is 0.0165. The summed E-state index contributed by atoms with van der Waals surface area (Å²) in [6.45, 7) is 2.67. The Morgan fingerprint density at radius 1 is 0.574 bits per heavy atom. The van der Waals surface area contributed by atoms with Gasteiger partial charge in [0.05, 0.1) is 11.1 Å². The second-order valence-electron chi connectivity index (χ2n) is 17.8. The van der Waals surface area contributed by atoms with Crippen LogP contribution in [-0.4, -0.2) is 28.0 Å². The summed E-state index contributed by atoms with van der Waals surface area (Å²) in [6.07, 6.45) is 5.25. The number of aromatic nitrogens is 2. The second-order valence-corrected chi connectivity index (χ2v) is 17.8. The second kappa shape index (κ2) is 14.0. The molecular formula is C57H47N3O. The summed E-state index contributed by atoms with van der Waals surface area (Å²) < 4.78 is 0. The van der Waals surface area contributed by atoms with Crippen LogP contribution in [0.25, 0.3) is 33.4 Å². The Balaban J connectivity index is 1.07. The lowest BCUT2D eigenvalue weighted by Gasteiger charge is -2.41. The number of likely N-dealkylation sites (N-methyl/N-ethyl adjacent to an activating group) is 1. The fourth-order valence-corrected chi connectivity index (χ4v) is 11.8. The lowest BCUT2D eigenvalue weighted by molar-refractivity contribution is 0.212. The highest BCUT2D eigenvalue weighted by atomic mass is 16.1. The van der Waals surface area contributed by atoms with E-state index in [1.807, 2.05) is 6.92 Å². The Bertz CT molecular complexity index is 2900. The standard InChI is InChI=1S/C57H47N3O/c1-35-58-55-29-28-41(33-51(55)56(61)59-35)60(2)34-36-24-26-40(27-25-36)57(52-21-9-18-45-42-15-6-3-12-37(42)30-48(45)52,53-22-10-19-46-43-16-7-4-13-38(43)31-49(46)53)54-23-11-20-47-44-17-8-5-14-39(44)32-50(47)54/h3-27,41H,28-34H2,1-2H3,(H,58,59,61). The number of benzene rings is 7. The van der Waals surface area contributed by atoms with Crippen LogP contribution in [0.3, 0.4) is 0 Å². The van der Waals surface area contributed by atoms with Crippen molar-refractivity contribution in [2.75, 3.05) is 7.05 Å². The van der Waals surface area contributed by atoms with E-state index in [0.717, 1.165) is 56.3 Å². The zero-order valence-corrected chi connectivity index (χ0v) is 34.8. The van der Waals surface area contributed by atoms with Gasteiger partial charge in [0.15, 0.2) is 0 Å². The number of aromatic amines is 1. The molecule has 8 aromatic rings. The third-order valence-electron chi connectivity index (χ3n) is 14.6. The van der Waals surface area contributed by atoms with Gasteiger partial charge < -0.3 is 4.98 Å². The fourth-order valence-electron chi connectivity index (χ4n) is 11.8. The van der Waals surface area contributed by atoms with Crippen molar-refractivity contribution in [3.63, 3.8) is 0 Å². The third-order valence-corrected chi connectivity index (χ3v) is 14.6. The monoisotopic (exact) mass is 789 g/mol. The largest absolute Gasteiger partial charge is 0.311 e. The number of hydrogen-bond acceptors (Lipinski definition) is 3. The molecule has 4 nitrogen and oxygen atoms in total. The highest BCUT2D eigenvalue weighted by molar-refractivity contribution is 5.86. The summed E-state index contributed by atoms with van der Waals surface area (Å²) in [5.74, 6) is 0.701. The van der Waals surface area contributed by atoms with Crippen molar-refractivity contribution in [1.82, 2.24) is 14.9 Å². The average Bonchev–Trinajstić information content (AvgIpc) is 3.99. The molecule has 0 aliphatic heterocycles. The van der Waals surface area contributed by atoms with Gasteiger partial charge in [-0.05, 0) is 147 Å². The van der Waals surface area contributed by atoms with Crippen LogP contribution in [-0.2, 0) is 44.1 Å². The van der Waals surface area contributed by atoms with E-state index in [4.69, 9.17) is 0 Å². The molecule has 0 amide bonds. The van der Waals surface area contributed by atoms with Gasteiger partial charge in [-0.15, -0.1) is 0 Å². The van der Waals surface area contributed by atoms with Gasteiger partial charge in [0.25, 0.3) is 5.56 Å². The number of H-pyrrole nitrogens is 1. The molecule has 1 N–H and O–H groups in total. The number of fused-ring (bicyclic) bond motifs is 10. The SMILES string of the molecule is Cc1nc2c(c(=O)[nH]1)CC(N(C)Cc1ccc(C(c3cccc4c3Cc3ccccc3-4)(c3cccc4c3Cc3ccccc3-4)c3cccc4c3Cc3ccccc3-4)cc1)CC2. The summed E-state index contributed by atoms with van der Waals surface area (Å²) >= 11 is 0. The molecule has 1 heterocycles. The van der Waals surface area contributed by atoms with E-state index in [0.29, 0.717) is 5.82 Å². The molecule has 7 aromatic carbocycles. The quantitative estimate of drug-likeness (QED) is 0.164. The first kappa shape index (κ1) is 36.2. The summed E-state index contributed by atoms with van der Waals surface area (Å²) in [4.78, 5) is 23.1. The van der Waals surface area contributed by atoms with Gasteiger partial charge in [-0.2, -0.15) is 0 Å². The summed E-state index contributed by atoms with van der Waals surface area (Å²) in [5, 5.41) is 0. The molecule has 0 spiro atoms. The number of aryl methyl sites for hydroxylation is 2. The Kier molecular flexibility index (Phi) is 8.30. The molecule has 0 fully saturated rings. The zero-order chi connectivity index (χ0) is 40.8. The molecule has 0 saturated carbocycles. The maximum Gasteiger partial charge on any atom is 0.254 e. The van der Waals surface area contributed by atoms with Crippen molar-refractivity contribution >= 4 is 0 Å². The first-order valence-electron chi connectivity index (χ1n) is 22.0. The van der Waals surface area contributed by atoms with Crippen molar-refractivity contribution in [3.8, 4) is 33.4 Å². The molecule has 1 aromatic heterocycles. The van der Waals surface area contributed by atoms with E-state index in [-0.39, 0.29) is 11.6 Å². The maximum atomic E-state index is 13.0. The van der Waals surface area contributed by atoms with E-state index < -0.39 is 5.41 Å². The van der Waals surface area contributed by atoms with Crippen molar-refractivity contribution in [2.45, 2.75) is 63.5 Å². The normalized spacial score (nSPS) is 15.4. The van der Waals surface area contributed by atoms with E-state index >= 15 is 0 Å². The van der Waals surface area contributed by atoms with Gasteiger partial charge in [0.2, 0.25) is 0 Å². The van der Waals surface area contributed by atoms with Crippen LogP contribution in [0.4, 0.5) is 0 Å². The Morgan fingerprint density at radius 3 is 1.52 bits per heavy atom. The molecule has 0 radical (unpaired) electrons. The van der Waals surface area contributed by atoms with Gasteiger partial charge in [0, 0.05) is 18.2 Å². The van der Waals surface area contributed by atoms with Crippen LogP contribution in [0, 0.1) is 6.92 Å². The molecule has 4 aliphatic rings. The van der Waals surface area contributed by atoms with Crippen molar-refractivity contribution in [2.24, 2.45) is 0 Å². The number of nitrogens with one attached hydrogen (secondary N) is 1. The predicted octanol–water partition coefficient (Wildman–Crippen LogP) is 11.2. The summed E-state index contributed by atoms with van der Waals surface area (Å²) in [5.41, 5.74) is 24.4. The van der Waals surface area contributed by atoms with Gasteiger partial charge in [-0.1, -0.05) is 152 Å². The Labute approximate surface area is 357 Å². The van der Waals surface area contributed by atoms with E-state index in [9.17, 15) is 4.79 Å². The smallest absolute Gasteiger partial charge is 0.254 e. The predicted molar refractivity (Wildman–Crippen MR) is 246 cm³/mol. The fraction of sp³-hybridized carbons (Fsp3) is 0.193. The van der Waals surface area contributed by atoms with Crippen LogP contribution in [0.15, 0.2) is 156 Å². The van der Waals surface area contributed by atoms with E-state index in [1.165, 1.54) is 94.6 Å². The highest BCUT2D eigenvalue weighted by Gasteiger charge is 2.46. The molecule has 1 atom stereocenters. The Hall–Kier alpha value is -6.62.